The highest BCUT2D eigenvalue weighted by Gasteiger charge is 2.33. The van der Waals surface area contributed by atoms with E-state index in [1.807, 2.05) is 17.0 Å². The molecule has 0 bridgehead atoms. The molecule has 0 spiro atoms. The first-order valence-corrected chi connectivity index (χ1v) is 8.29. The van der Waals surface area contributed by atoms with Crippen LogP contribution in [0.2, 0.25) is 0 Å². The fraction of sp³-hybridized carbons (Fsp3) is 0.562. The summed E-state index contributed by atoms with van der Waals surface area (Å²) < 4.78 is 0.914. The number of nitrogens with zero attached hydrogens (tertiary/aromatic N) is 1. The van der Waals surface area contributed by atoms with E-state index in [1.165, 1.54) is 25.7 Å². The number of hydrogen-bond acceptors (Lipinski definition) is 2. The molecule has 1 heterocycles. The summed E-state index contributed by atoms with van der Waals surface area (Å²) >= 11 is 3.38. The number of anilines is 1. The highest BCUT2D eigenvalue weighted by atomic mass is 79.9. The van der Waals surface area contributed by atoms with E-state index in [4.69, 9.17) is 5.73 Å². The van der Waals surface area contributed by atoms with Crippen molar-refractivity contribution in [3.05, 3.63) is 28.2 Å². The number of piperidine rings is 1. The van der Waals surface area contributed by atoms with Gasteiger partial charge in [0.15, 0.2) is 0 Å². The molecule has 3 rings (SSSR count). The van der Waals surface area contributed by atoms with Gasteiger partial charge >= 0.3 is 0 Å². The summed E-state index contributed by atoms with van der Waals surface area (Å²) in [7, 11) is 0. The van der Waals surface area contributed by atoms with E-state index < -0.39 is 0 Å². The fourth-order valence-corrected chi connectivity index (χ4v) is 4.06. The molecule has 1 amide bonds. The number of likely N-dealkylation sites (tertiary alicyclic amines) is 1. The first-order chi connectivity index (χ1) is 9.65. The Labute approximate surface area is 128 Å². The number of amides is 1. The molecule has 2 unspecified atom stereocenters. The van der Waals surface area contributed by atoms with Gasteiger partial charge in [-0.05, 0) is 42.9 Å². The van der Waals surface area contributed by atoms with Crippen molar-refractivity contribution < 1.29 is 4.79 Å². The maximum Gasteiger partial charge on any atom is 0.255 e. The maximum absolute atomic E-state index is 12.6. The Kier molecular flexibility index (Phi) is 4.01. The zero-order chi connectivity index (χ0) is 14.1. The quantitative estimate of drug-likeness (QED) is 0.795. The van der Waals surface area contributed by atoms with E-state index in [0.717, 1.165) is 29.9 Å². The van der Waals surface area contributed by atoms with Crippen LogP contribution < -0.4 is 5.73 Å². The molecular formula is C16H21BrN2O. The summed E-state index contributed by atoms with van der Waals surface area (Å²) in [5.41, 5.74) is 7.19. The van der Waals surface area contributed by atoms with E-state index in [9.17, 15) is 4.79 Å². The molecular weight excluding hydrogens is 316 g/mol. The second-order valence-corrected chi connectivity index (χ2v) is 6.99. The van der Waals surface area contributed by atoms with Gasteiger partial charge in [-0.25, -0.2) is 0 Å². The van der Waals surface area contributed by atoms with Crippen LogP contribution in [0.5, 0.6) is 0 Å². The predicted octanol–water partition coefficient (Wildman–Crippen LogP) is 3.68. The first-order valence-electron chi connectivity index (χ1n) is 7.49. The van der Waals surface area contributed by atoms with Crippen molar-refractivity contribution >= 4 is 27.5 Å². The van der Waals surface area contributed by atoms with Gasteiger partial charge in [0.1, 0.15) is 0 Å². The highest BCUT2D eigenvalue weighted by molar-refractivity contribution is 9.10. The Morgan fingerprint density at radius 3 is 2.70 bits per heavy atom. The van der Waals surface area contributed by atoms with Gasteiger partial charge in [0, 0.05) is 23.2 Å². The number of hydrogen-bond donors (Lipinski definition) is 1. The average Bonchev–Trinajstić information content (AvgIpc) is 2.46. The lowest BCUT2D eigenvalue weighted by Crippen LogP contribution is -2.44. The van der Waals surface area contributed by atoms with Gasteiger partial charge in [0.05, 0.1) is 5.56 Å². The number of fused-ring (bicyclic) bond motifs is 1. The molecule has 2 N–H and O–H groups in total. The summed E-state index contributed by atoms with van der Waals surface area (Å²) in [6, 6.07) is 5.52. The van der Waals surface area contributed by atoms with Gasteiger partial charge in [-0.3, -0.25) is 4.79 Å². The van der Waals surface area contributed by atoms with Crippen molar-refractivity contribution in [2.75, 3.05) is 18.8 Å². The molecule has 1 saturated carbocycles. The maximum atomic E-state index is 12.6. The molecule has 1 aromatic rings. The number of nitrogen functional groups attached to an aromatic ring is 1. The minimum absolute atomic E-state index is 0.0963. The molecule has 2 aliphatic rings. The van der Waals surface area contributed by atoms with Gasteiger partial charge in [-0.1, -0.05) is 35.2 Å². The largest absolute Gasteiger partial charge is 0.398 e. The van der Waals surface area contributed by atoms with E-state index in [0.29, 0.717) is 17.2 Å². The van der Waals surface area contributed by atoms with Crippen molar-refractivity contribution in [1.82, 2.24) is 4.90 Å². The molecule has 20 heavy (non-hydrogen) atoms. The van der Waals surface area contributed by atoms with Crippen LogP contribution in [-0.2, 0) is 0 Å². The number of carbonyl (C=O) groups is 1. The molecule has 0 radical (unpaired) electrons. The Bertz CT molecular complexity index is 517. The molecule has 1 aliphatic carbocycles. The third kappa shape index (κ3) is 2.71. The molecule has 108 valence electrons. The number of rotatable bonds is 1. The number of nitrogens with two attached hydrogens (primary N) is 1. The zero-order valence-corrected chi connectivity index (χ0v) is 13.2. The summed E-state index contributed by atoms with van der Waals surface area (Å²) in [4.78, 5) is 14.6. The summed E-state index contributed by atoms with van der Waals surface area (Å²) in [6.07, 6.45) is 6.49. The molecule has 4 heteroatoms. The Hall–Kier alpha value is -1.03. The van der Waals surface area contributed by atoms with Crippen LogP contribution in [0.25, 0.3) is 0 Å². The third-order valence-electron chi connectivity index (χ3n) is 4.82. The summed E-state index contributed by atoms with van der Waals surface area (Å²) in [5, 5.41) is 0. The minimum atomic E-state index is 0.0963. The number of benzene rings is 1. The Morgan fingerprint density at radius 1 is 1.20 bits per heavy atom. The SMILES string of the molecule is Nc1cc(Br)ccc1C(=O)N1CCC2CCCCC2C1. The van der Waals surface area contributed by atoms with Crippen LogP contribution in [0.15, 0.2) is 22.7 Å². The van der Waals surface area contributed by atoms with Crippen LogP contribution in [0, 0.1) is 11.8 Å². The van der Waals surface area contributed by atoms with Gasteiger partial charge < -0.3 is 10.6 Å². The van der Waals surface area contributed by atoms with E-state index in [2.05, 4.69) is 15.9 Å². The standard InChI is InChI=1S/C16H21BrN2O/c17-13-5-6-14(15(18)9-13)16(20)19-8-7-11-3-1-2-4-12(11)10-19/h5-6,9,11-12H,1-4,7-8,10,18H2. The third-order valence-corrected chi connectivity index (χ3v) is 5.32. The lowest BCUT2D eigenvalue weighted by Gasteiger charge is -2.41. The number of carbonyl (C=O) groups excluding carboxylic acids is 1. The van der Waals surface area contributed by atoms with Crippen LogP contribution in [0.1, 0.15) is 42.5 Å². The molecule has 2 fully saturated rings. The van der Waals surface area contributed by atoms with Crippen molar-refractivity contribution in [2.24, 2.45) is 11.8 Å². The van der Waals surface area contributed by atoms with Crippen molar-refractivity contribution in [1.29, 1.82) is 0 Å². The Morgan fingerprint density at radius 2 is 1.95 bits per heavy atom. The van der Waals surface area contributed by atoms with E-state index in [1.54, 1.807) is 6.07 Å². The number of halogens is 1. The van der Waals surface area contributed by atoms with Crippen molar-refractivity contribution in [3.8, 4) is 0 Å². The van der Waals surface area contributed by atoms with Crippen molar-refractivity contribution in [2.45, 2.75) is 32.1 Å². The minimum Gasteiger partial charge on any atom is -0.398 e. The molecule has 1 aliphatic heterocycles. The van der Waals surface area contributed by atoms with Crippen LogP contribution >= 0.6 is 15.9 Å². The molecule has 0 aromatic heterocycles. The topological polar surface area (TPSA) is 46.3 Å². The van der Waals surface area contributed by atoms with Gasteiger partial charge in [0.25, 0.3) is 5.91 Å². The second-order valence-electron chi connectivity index (χ2n) is 6.08. The molecule has 1 aromatic carbocycles. The zero-order valence-electron chi connectivity index (χ0n) is 11.6. The van der Waals surface area contributed by atoms with Gasteiger partial charge in [-0.15, -0.1) is 0 Å². The smallest absolute Gasteiger partial charge is 0.255 e. The fourth-order valence-electron chi connectivity index (χ4n) is 3.68. The summed E-state index contributed by atoms with van der Waals surface area (Å²) in [6.45, 7) is 1.80. The molecule has 2 atom stereocenters. The van der Waals surface area contributed by atoms with E-state index >= 15 is 0 Å². The molecule has 3 nitrogen and oxygen atoms in total. The first kappa shape index (κ1) is 13.9. The second kappa shape index (κ2) is 5.76. The molecule has 1 saturated heterocycles. The average molecular weight is 337 g/mol. The van der Waals surface area contributed by atoms with E-state index in [-0.39, 0.29) is 5.91 Å². The predicted molar refractivity (Wildman–Crippen MR) is 84.5 cm³/mol. The van der Waals surface area contributed by atoms with Gasteiger partial charge in [0.2, 0.25) is 0 Å². The normalized spacial score (nSPS) is 26.1. The summed E-state index contributed by atoms with van der Waals surface area (Å²) in [5.74, 6) is 1.65. The van der Waals surface area contributed by atoms with Crippen LogP contribution in [0.4, 0.5) is 5.69 Å². The lowest BCUT2D eigenvalue weighted by atomic mass is 9.75. The van der Waals surface area contributed by atoms with Gasteiger partial charge in [-0.2, -0.15) is 0 Å². The highest BCUT2D eigenvalue weighted by Crippen LogP contribution is 2.36. The van der Waals surface area contributed by atoms with Crippen LogP contribution in [-0.4, -0.2) is 23.9 Å². The monoisotopic (exact) mass is 336 g/mol. The van der Waals surface area contributed by atoms with Crippen LogP contribution in [0.3, 0.4) is 0 Å². The Balaban J connectivity index is 1.74. The lowest BCUT2D eigenvalue weighted by molar-refractivity contribution is 0.0522. The van der Waals surface area contributed by atoms with Crippen molar-refractivity contribution in [3.63, 3.8) is 0 Å².